The molecule has 1 aliphatic rings. The van der Waals surface area contributed by atoms with Crippen molar-refractivity contribution in [3.63, 3.8) is 0 Å². The van der Waals surface area contributed by atoms with Crippen molar-refractivity contribution < 1.29 is 4.79 Å². The molecular weight excluding hydrogens is 328 g/mol. The van der Waals surface area contributed by atoms with Crippen LogP contribution in [0, 0.1) is 11.5 Å². The maximum atomic E-state index is 12.8. The molecule has 3 rings (SSSR count). The zero-order valence-electron chi connectivity index (χ0n) is 14.5. The number of amides is 1. The van der Waals surface area contributed by atoms with Gasteiger partial charge in [-0.2, -0.15) is 5.26 Å². The molecule has 7 heteroatoms. The number of nitrogens with two attached hydrogens (primary N) is 1. The molecule has 3 N–H and O–H groups in total. The van der Waals surface area contributed by atoms with Crippen LogP contribution < -0.4 is 11.1 Å². The number of aromatic nitrogens is 1. The first-order valence-corrected chi connectivity index (χ1v) is 8.35. The van der Waals surface area contributed by atoms with Crippen molar-refractivity contribution >= 4 is 17.3 Å². The molecule has 132 valence electrons. The molecule has 0 saturated carbocycles. The highest BCUT2D eigenvalue weighted by Gasteiger charge is 2.36. The fraction of sp³-hybridized carbons (Fsp3) is 0.211. The minimum absolute atomic E-state index is 0.198. The molecule has 1 aromatic carbocycles. The van der Waals surface area contributed by atoms with Crippen LogP contribution in [-0.4, -0.2) is 33.4 Å². The van der Waals surface area contributed by atoms with E-state index in [2.05, 4.69) is 16.5 Å². The van der Waals surface area contributed by atoms with Crippen LogP contribution in [0.15, 0.2) is 55.0 Å². The number of rotatable bonds is 5. The summed E-state index contributed by atoms with van der Waals surface area (Å²) >= 11 is 0. The summed E-state index contributed by atoms with van der Waals surface area (Å²) in [5.74, 6) is -0.198. The summed E-state index contributed by atoms with van der Waals surface area (Å²) in [4.78, 5) is 19.9. The number of carbonyl (C=O) groups excluding carboxylic acids is 1. The van der Waals surface area contributed by atoms with Gasteiger partial charge in [0.2, 0.25) is 0 Å². The fourth-order valence-corrected chi connectivity index (χ4v) is 2.84. The molecule has 0 spiro atoms. The number of nitrogens with one attached hydrogen (secondary N) is 1. The first-order valence-electron chi connectivity index (χ1n) is 8.35. The molecule has 1 aromatic heterocycles. The van der Waals surface area contributed by atoms with E-state index in [0.717, 1.165) is 11.1 Å². The highest BCUT2D eigenvalue weighted by atomic mass is 16.2. The van der Waals surface area contributed by atoms with E-state index in [1.54, 1.807) is 35.6 Å². The lowest BCUT2D eigenvalue weighted by atomic mass is 10.1. The van der Waals surface area contributed by atoms with E-state index in [1.807, 2.05) is 31.2 Å². The minimum atomic E-state index is -0.842. The zero-order chi connectivity index (χ0) is 18.5. The van der Waals surface area contributed by atoms with Gasteiger partial charge in [0, 0.05) is 37.2 Å². The van der Waals surface area contributed by atoms with Gasteiger partial charge in [-0.3, -0.25) is 9.78 Å². The van der Waals surface area contributed by atoms with Gasteiger partial charge in [-0.05, 0) is 30.7 Å². The highest BCUT2D eigenvalue weighted by molar-refractivity contribution is 5.91. The molecule has 7 nitrogen and oxygen atoms in total. The summed E-state index contributed by atoms with van der Waals surface area (Å²) in [5.41, 5.74) is 8.84. The van der Waals surface area contributed by atoms with Crippen molar-refractivity contribution in [3.8, 4) is 6.19 Å². The molecule has 0 fully saturated rings. The first kappa shape index (κ1) is 17.5. The number of hydrogen-bond donors (Lipinski definition) is 2. The van der Waals surface area contributed by atoms with Gasteiger partial charge in [0.25, 0.3) is 5.91 Å². The quantitative estimate of drug-likeness (QED) is 0.801. The SMILES string of the molecule is CCN1C=C(c2cccc(CN)c2)N(C#N)C(Nc2cccnc2)C1=O. The van der Waals surface area contributed by atoms with Gasteiger partial charge in [-0.25, -0.2) is 4.90 Å². The molecule has 0 bridgehead atoms. The molecule has 26 heavy (non-hydrogen) atoms. The molecule has 1 amide bonds. The third kappa shape index (κ3) is 3.36. The van der Waals surface area contributed by atoms with Crippen molar-refractivity contribution in [2.75, 3.05) is 11.9 Å². The predicted molar refractivity (Wildman–Crippen MR) is 98.8 cm³/mol. The Morgan fingerprint density at radius 1 is 1.35 bits per heavy atom. The monoisotopic (exact) mass is 348 g/mol. The standard InChI is InChI=1S/C19H20N6O/c1-2-24-12-17(15-6-3-5-14(9-15)10-20)25(13-21)18(19(24)26)23-16-7-4-8-22-11-16/h3-9,11-12,18,23H,2,10,20H2,1H3. The van der Waals surface area contributed by atoms with E-state index in [1.165, 1.54) is 4.90 Å². The van der Waals surface area contributed by atoms with Gasteiger partial charge in [-0.1, -0.05) is 18.2 Å². The number of hydrogen-bond acceptors (Lipinski definition) is 6. The second kappa shape index (κ2) is 7.68. The van der Waals surface area contributed by atoms with Crippen LogP contribution in [0.1, 0.15) is 18.1 Å². The molecular formula is C19H20N6O. The van der Waals surface area contributed by atoms with Gasteiger partial charge in [-0.15, -0.1) is 0 Å². The average Bonchev–Trinajstić information content (AvgIpc) is 2.70. The van der Waals surface area contributed by atoms with Crippen LogP contribution in [0.25, 0.3) is 5.70 Å². The average molecular weight is 348 g/mol. The number of anilines is 1. The van der Waals surface area contributed by atoms with Crippen molar-refractivity contribution in [2.24, 2.45) is 5.73 Å². The molecule has 1 aliphatic heterocycles. The Kier molecular flexibility index (Phi) is 5.15. The second-order valence-corrected chi connectivity index (χ2v) is 5.80. The Balaban J connectivity index is 2.02. The number of nitrogens with zero attached hydrogens (tertiary/aromatic N) is 4. The summed E-state index contributed by atoms with van der Waals surface area (Å²) in [6.45, 7) is 2.80. The third-order valence-corrected chi connectivity index (χ3v) is 4.18. The summed E-state index contributed by atoms with van der Waals surface area (Å²) in [7, 11) is 0. The summed E-state index contributed by atoms with van der Waals surface area (Å²) in [6, 6.07) is 11.2. The van der Waals surface area contributed by atoms with E-state index < -0.39 is 6.17 Å². The van der Waals surface area contributed by atoms with Gasteiger partial charge in [0.05, 0.1) is 11.4 Å². The largest absolute Gasteiger partial charge is 0.355 e. The number of nitriles is 1. The molecule has 0 aliphatic carbocycles. The molecule has 1 atom stereocenters. The van der Waals surface area contributed by atoms with Crippen molar-refractivity contribution in [1.29, 1.82) is 5.26 Å². The van der Waals surface area contributed by atoms with E-state index in [4.69, 9.17) is 5.73 Å². The molecule has 0 saturated heterocycles. The van der Waals surface area contributed by atoms with Gasteiger partial charge in [0.15, 0.2) is 12.4 Å². The maximum Gasteiger partial charge on any atom is 0.271 e. The fourth-order valence-electron chi connectivity index (χ4n) is 2.84. The zero-order valence-corrected chi connectivity index (χ0v) is 14.5. The van der Waals surface area contributed by atoms with Crippen molar-refractivity contribution in [2.45, 2.75) is 19.6 Å². The lowest BCUT2D eigenvalue weighted by Crippen LogP contribution is -2.52. The molecule has 2 heterocycles. The topological polar surface area (TPSA) is 98.3 Å². The molecule has 2 aromatic rings. The Morgan fingerprint density at radius 3 is 2.85 bits per heavy atom. The number of benzene rings is 1. The van der Waals surface area contributed by atoms with Gasteiger partial charge < -0.3 is 16.0 Å². The van der Waals surface area contributed by atoms with E-state index >= 15 is 0 Å². The van der Waals surface area contributed by atoms with Gasteiger partial charge >= 0.3 is 0 Å². The Morgan fingerprint density at radius 2 is 2.19 bits per heavy atom. The summed E-state index contributed by atoms with van der Waals surface area (Å²) in [5, 5.41) is 12.9. The van der Waals surface area contributed by atoms with E-state index in [9.17, 15) is 10.1 Å². The third-order valence-electron chi connectivity index (χ3n) is 4.18. The number of pyridine rings is 1. The van der Waals surface area contributed by atoms with Crippen LogP contribution >= 0.6 is 0 Å². The lowest BCUT2D eigenvalue weighted by molar-refractivity contribution is -0.132. The van der Waals surface area contributed by atoms with Crippen molar-refractivity contribution in [3.05, 3.63) is 66.1 Å². The van der Waals surface area contributed by atoms with E-state index in [0.29, 0.717) is 24.5 Å². The normalized spacial score (nSPS) is 16.9. The Hall–Kier alpha value is -3.37. The van der Waals surface area contributed by atoms with Crippen LogP contribution in [0.3, 0.4) is 0 Å². The van der Waals surface area contributed by atoms with Crippen molar-refractivity contribution in [1.82, 2.24) is 14.8 Å². The lowest BCUT2D eigenvalue weighted by Gasteiger charge is -2.37. The Labute approximate surface area is 152 Å². The second-order valence-electron chi connectivity index (χ2n) is 5.80. The highest BCUT2D eigenvalue weighted by Crippen LogP contribution is 2.28. The van der Waals surface area contributed by atoms with Crippen LogP contribution in [0.4, 0.5) is 5.69 Å². The number of carbonyl (C=O) groups is 1. The van der Waals surface area contributed by atoms with Crippen LogP contribution in [-0.2, 0) is 11.3 Å². The summed E-state index contributed by atoms with van der Waals surface area (Å²) in [6.07, 6.45) is 6.28. The number of likely N-dealkylation sites (N-methyl/N-ethyl adjacent to an activating group) is 1. The van der Waals surface area contributed by atoms with Crippen LogP contribution in [0.2, 0.25) is 0 Å². The van der Waals surface area contributed by atoms with E-state index in [-0.39, 0.29) is 5.91 Å². The molecule has 1 unspecified atom stereocenters. The maximum absolute atomic E-state index is 12.8. The summed E-state index contributed by atoms with van der Waals surface area (Å²) < 4.78 is 0. The predicted octanol–water partition coefficient (Wildman–Crippen LogP) is 1.92. The van der Waals surface area contributed by atoms with Crippen LogP contribution in [0.5, 0.6) is 0 Å². The minimum Gasteiger partial charge on any atom is -0.355 e. The Bertz CT molecular complexity index is 858. The smallest absolute Gasteiger partial charge is 0.271 e. The van der Waals surface area contributed by atoms with Gasteiger partial charge in [0.1, 0.15) is 0 Å². The first-order chi connectivity index (χ1) is 12.7. The molecule has 0 radical (unpaired) electrons.